The summed E-state index contributed by atoms with van der Waals surface area (Å²) in [6, 6.07) is 16.1. The Kier molecular flexibility index (Phi) is 4.61. The van der Waals surface area contributed by atoms with Gasteiger partial charge in [0.25, 0.3) is 5.91 Å². The summed E-state index contributed by atoms with van der Waals surface area (Å²) in [5.41, 5.74) is 3.54. The number of hydrogen-bond donors (Lipinski definition) is 0. The summed E-state index contributed by atoms with van der Waals surface area (Å²) in [5.74, 6) is 0.768. The van der Waals surface area contributed by atoms with Gasteiger partial charge in [-0.05, 0) is 47.6 Å². The number of amides is 1. The third-order valence-electron chi connectivity index (χ3n) is 4.47. The van der Waals surface area contributed by atoms with Crippen LogP contribution in [0.3, 0.4) is 0 Å². The molecule has 0 unspecified atom stereocenters. The average Bonchev–Trinajstić information content (AvgIpc) is 2.58. The fourth-order valence-electron chi connectivity index (χ4n) is 3.07. The topological polar surface area (TPSA) is 29.5 Å². The summed E-state index contributed by atoms with van der Waals surface area (Å²) in [7, 11) is 0. The van der Waals surface area contributed by atoms with Gasteiger partial charge < -0.3 is 9.64 Å². The van der Waals surface area contributed by atoms with Gasteiger partial charge in [0.2, 0.25) is 0 Å². The normalized spacial score (nSPS) is 14.2. The fraction of sp³-hybridized carbons (Fsp3) is 0.381. The molecule has 0 atom stereocenters. The zero-order valence-electron chi connectivity index (χ0n) is 14.7. The minimum atomic E-state index is 0.0170. The standard InChI is InChI=1S/C21H25NO2/c1-21(2,3)17-10-6-11-18(14-17)24-15-20(23)22-13-7-9-16-8-4-5-12-19(16)22/h4-6,8,10-12,14H,7,9,13,15H2,1-3H3. The first kappa shape index (κ1) is 16.6. The van der Waals surface area contributed by atoms with E-state index in [0.29, 0.717) is 0 Å². The molecular weight excluding hydrogens is 298 g/mol. The first-order valence-electron chi connectivity index (χ1n) is 8.57. The molecule has 0 aromatic heterocycles. The smallest absolute Gasteiger partial charge is 0.264 e. The lowest BCUT2D eigenvalue weighted by atomic mass is 9.87. The van der Waals surface area contributed by atoms with E-state index >= 15 is 0 Å². The summed E-state index contributed by atoms with van der Waals surface area (Å²) < 4.78 is 5.78. The summed E-state index contributed by atoms with van der Waals surface area (Å²) in [4.78, 5) is 14.5. The predicted molar refractivity (Wildman–Crippen MR) is 97.8 cm³/mol. The third-order valence-corrected chi connectivity index (χ3v) is 4.47. The van der Waals surface area contributed by atoms with E-state index in [1.165, 1.54) is 11.1 Å². The second-order valence-electron chi connectivity index (χ2n) is 7.34. The van der Waals surface area contributed by atoms with Crippen molar-refractivity contribution in [1.82, 2.24) is 0 Å². The minimum absolute atomic E-state index is 0.0170. The molecule has 0 fully saturated rings. The van der Waals surface area contributed by atoms with Gasteiger partial charge >= 0.3 is 0 Å². The van der Waals surface area contributed by atoms with Crippen LogP contribution in [0.1, 0.15) is 38.3 Å². The van der Waals surface area contributed by atoms with Crippen LogP contribution in [0.5, 0.6) is 5.75 Å². The highest BCUT2D eigenvalue weighted by molar-refractivity contribution is 5.95. The van der Waals surface area contributed by atoms with Crippen molar-refractivity contribution in [2.24, 2.45) is 0 Å². The van der Waals surface area contributed by atoms with Gasteiger partial charge in [0.1, 0.15) is 5.75 Å². The van der Waals surface area contributed by atoms with Gasteiger partial charge in [-0.1, -0.05) is 51.1 Å². The van der Waals surface area contributed by atoms with E-state index in [0.717, 1.165) is 30.8 Å². The van der Waals surface area contributed by atoms with Crippen LogP contribution < -0.4 is 9.64 Å². The molecule has 2 aromatic rings. The van der Waals surface area contributed by atoms with Gasteiger partial charge in [-0.25, -0.2) is 0 Å². The number of hydrogen-bond acceptors (Lipinski definition) is 2. The molecule has 3 rings (SSSR count). The SMILES string of the molecule is CC(C)(C)c1cccc(OCC(=O)N2CCCc3ccccc32)c1. The second kappa shape index (κ2) is 6.68. The monoisotopic (exact) mass is 323 g/mol. The van der Waals surface area contributed by atoms with Gasteiger partial charge in [-0.3, -0.25) is 4.79 Å². The molecule has 24 heavy (non-hydrogen) atoms. The number of para-hydroxylation sites is 1. The van der Waals surface area contributed by atoms with Crippen molar-refractivity contribution in [3.8, 4) is 5.75 Å². The number of carbonyl (C=O) groups excluding carboxylic acids is 1. The van der Waals surface area contributed by atoms with Crippen LogP contribution in [0.2, 0.25) is 0 Å². The summed E-state index contributed by atoms with van der Waals surface area (Å²) in [6.45, 7) is 7.34. The molecule has 3 nitrogen and oxygen atoms in total. The largest absolute Gasteiger partial charge is 0.484 e. The fourth-order valence-corrected chi connectivity index (χ4v) is 3.07. The Morgan fingerprint density at radius 2 is 1.92 bits per heavy atom. The molecule has 0 spiro atoms. The van der Waals surface area contributed by atoms with Crippen LogP contribution >= 0.6 is 0 Å². The van der Waals surface area contributed by atoms with Gasteiger partial charge in [0.05, 0.1) is 0 Å². The Balaban J connectivity index is 1.69. The molecule has 0 saturated carbocycles. The lowest BCUT2D eigenvalue weighted by molar-refractivity contribution is -0.120. The number of benzene rings is 2. The zero-order chi connectivity index (χ0) is 17.2. The average molecular weight is 323 g/mol. The lowest BCUT2D eigenvalue weighted by Gasteiger charge is -2.29. The Bertz CT molecular complexity index is 731. The summed E-state index contributed by atoms with van der Waals surface area (Å²) in [5, 5.41) is 0. The lowest BCUT2D eigenvalue weighted by Crippen LogP contribution is -2.38. The van der Waals surface area contributed by atoms with Crippen molar-refractivity contribution in [1.29, 1.82) is 0 Å². The zero-order valence-corrected chi connectivity index (χ0v) is 14.7. The van der Waals surface area contributed by atoms with Gasteiger partial charge in [0, 0.05) is 12.2 Å². The Morgan fingerprint density at radius 3 is 2.71 bits per heavy atom. The van der Waals surface area contributed by atoms with Gasteiger partial charge in [0.15, 0.2) is 6.61 Å². The molecule has 0 aliphatic carbocycles. The number of carbonyl (C=O) groups is 1. The van der Waals surface area contributed by atoms with Gasteiger partial charge in [-0.2, -0.15) is 0 Å². The summed E-state index contributed by atoms with van der Waals surface area (Å²) >= 11 is 0. The molecular formula is C21H25NO2. The van der Waals surface area contributed by atoms with E-state index < -0.39 is 0 Å². The number of fused-ring (bicyclic) bond motifs is 1. The predicted octanol–water partition coefficient (Wildman–Crippen LogP) is 4.34. The van der Waals surface area contributed by atoms with Crippen LogP contribution in [0, 0.1) is 0 Å². The number of nitrogens with zero attached hydrogens (tertiary/aromatic N) is 1. The van der Waals surface area contributed by atoms with E-state index in [2.05, 4.69) is 32.9 Å². The Labute approximate surface area is 144 Å². The third kappa shape index (κ3) is 3.61. The van der Waals surface area contributed by atoms with E-state index in [4.69, 9.17) is 4.74 Å². The van der Waals surface area contributed by atoms with E-state index in [9.17, 15) is 4.79 Å². The molecule has 1 aliphatic heterocycles. The maximum atomic E-state index is 12.6. The number of aryl methyl sites for hydroxylation is 1. The van der Waals surface area contributed by atoms with Crippen molar-refractivity contribution >= 4 is 11.6 Å². The molecule has 0 radical (unpaired) electrons. The first-order valence-corrected chi connectivity index (χ1v) is 8.57. The quantitative estimate of drug-likeness (QED) is 0.841. The van der Waals surface area contributed by atoms with Crippen LogP contribution in [0.25, 0.3) is 0 Å². The number of ether oxygens (including phenoxy) is 1. The summed E-state index contributed by atoms with van der Waals surface area (Å²) in [6.07, 6.45) is 2.04. The molecule has 0 N–H and O–H groups in total. The maximum absolute atomic E-state index is 12.6. The van der Waals surface area contributed by atoms with E-state index in [1.807, 2.05) is 41.3 Å². The molecule has 1 heterocycles. The van der Waals surface area contributed by atoms with E-state index in [1.54, 1.807) is 0 Å². The molecule has 2 aromatic carbocycles. The van der Waals surface area contributed by atoms with Crippen LogP contribution in [0.15, 0.2) is 48.5 Å². The Hall–Kier alpha value is -2.29. The highest BCUT2D eigenvalue weighted by atomic mass is 16.5. The first-order chi connectivity index (χ1) is 11.4. The maximum Gasteiger partial charge on any atom is 0.264 e. The van der Waals surface area contributed by atoms with Crippen molar-refractivity contribution in [3.63, 3.8) is 0 Å². The molecule has 0 saturated heterocycles. The minimum Gasteiger partial charge on any atom is -0.484 e. The molecule has 1 aliphatic rings. The van der Waals surface area contributed by atoms with E-state index in [-0.39, 0.29) is 17.9 Å². The molecule has 3 heteroatoms. The van der Waals surface area contributed by atoms with Crippen molar-refractivity contribution in [2.75, 3.05) is 18.1 Å². The van der Waals surface area contributed by atoms with Crippen molar-refractivity contribution in [3.05, 3.63) is 59.7 Å². The number of rotatable bonds is 3. The van der Waals surface area contributed by atoms with Crippen LogP contribution in [-0.4, -0.2) is 19.1 Å². The Morgan fingerprint density at radius 1 is 1.12 bits per heavy atom. The molecule has 0 bridgehead atoms. The van der Waals surface area contributed by atoms with Crippen LogP contribution in [-0.2, 0) is 16.6 Å². The highest BCUT2D eigenvalue weighted by Crippen LogP contribution is 2.28. The van der Waals surface area contributed by atoms with Crippen molar-refractivity contribution < 1.29 is 9.53 Å². The highest BCUT2D eigenvalue weighted by Gasteiger charge is 2.22. The van der Waals surface area contributed by atoms with Gasteiger partial charge in [-0.15, -0.1) is 0 Å². The van der Waals surface area contributed by atoms with Crippen LogP contribution in [0.4, 0.5) is 5.69 Å². The number of anilines is 1. The molecule has 126 valence electrons. The van der Waals surface area contributed by atoms with Crippen molar-refractivity contribution in [2.45, 2.75) is 39.0 Å². The second-order valence-corrected chi connectivity index (χ2v) is 7.34. The molecule has 1 amide bonds.